The van der Waals surface area contributed by atoms with E-state index < -0.39 is 0 Å². The second kappa shape index (κ2) is 5.13. The predicted octanol–water partition coefficient (Wildman–Crippen LogP) is 3.66. The molecule has 2 nitrogen and oxygen atoms in total. The molecule has 18 heavy (non-hydrogen) atoms. The van der Waals surface area contributed by atoms with E-state index >= 15 is 0 Å². The van der Waals surface area contributed by atoms with Gasteiger partial charge >= 0.3 is 0 Å². The Morgan fingerprint density at radius 2 is 1.94 bits per heavy atom. The standard InChI is InChI=1S/C16H18N2/c1-2-5-13(6-3-1)12-18-15-9-8-14-7-4-10-17-16(14)11-15/h1-3,5-6,8-9,11,17-18H,4,7,10,12H2. The maximum Gasteiger partial charge on any atom is 0.0400 e. The summed E-state index contributed by atoms with van der Waals surface area (Å²) in [6.45, 7) is 1.97. The lowest BCUT2D eigenvalue weighted by atomic mass is 10.0. The molecule has 0 radical (unpaired) electrons. The number of hydrogen-bond acceptors (Lipinski definition) is 2. The molecule has 92 valence electrons. The monoisotopic (exact) mass is 238 g/mol. The number of rotatable bonds is 3. The largest absolute Gasteiger partial charge is 0.385 e. The van der Waals surface area contributed by atoms with Gasteiger partial charge in [0, 0.05) is 24.5 Å². The number of nitrogens with one attached hydrogen (secondary N) is 2. The molecule has 1 aliphatic rings. The third-order valence-electron chi connectivity index (χ3n) is 3.39. The smallest absolute Gasteiger partial charge is 0.0400 e. The molecular formula is C16H18N2. The van der Waals surface area contributed by atoms with Crippen molar-refractivity contribution in [1.82, 2.24) is 0 Å². The minimum absolute atomic E-state index is 0.875. The highest BCUT2D eigenvalue weighted by atomic mass is 14.9. The van der Waals surface area contributed by atoms with Crippen molar-refractivity contribution in [2.24, 2.45) is 0 Å². The van der Waals surface area contributed by atoms with Gasteiger partial charge in [0.2, 0.25) is 0 Å². The van der Waals surface area contributed by atoms with Crippen LogP contribution >= 0.6 is 0 Å². The quantitative estimate of drug-likeness (QED) is 0.852. The first-order chi connectivity index (χ1) is 8.92. The molecule has 1 heterocycles. The number of anilines is 2. The van der Waals surface area contributed by atoms with Gasteiger partial charge in [-0.2, -0.15) is 0 Å². The normalized spacial score (nSPS) is 13.6. The first-order valence-electron chi connectivity index (χ1n) is 6.56. The molecule has 0 saturated carbocycles. The van der Waals surface area contributed by atoms with Crippen LogP contribution in [0.2, 0.25) is 0 Å². The molecule has 0 fully saturated rings. The zero-order valence-corrected chi connectivity index (χ0v) is 10.4. The summed E-state index contributed by atoms with van der Waals surface area (Å²) >= 11 is 0. The number of fused-ring (bicyclic) bond motifs is 1. The van der Waals surface area contributed by atoms with Crippen LogP contribution in [-0.4, -0.2) is 6.54 Å². The van der Waals surface area contributed by atoms with Gasteiger partial charge in [0.15, 0.2) is 0 Å². The molecule has 2 aromatic rings. The Bertz CT molecular complexity index is 520. The lowest BCUT2D eigenvalue weighted by Crippen LogP contribution is -2.12. The van der Waals surface area contributed by atoms with Crippen molar-refractivity contribution >= 4 is 11.4 Å². The summed E-state index contributed by atoms with van der Waals surface area (Å²) in [5.74, 6) is 0. The summed E-state index contributed by atoms with van der Waals surface area (Å²) in [7, 11) is 0. The van der Waals surface area contributed by atoms with E-state index in [2.05, 4.69) is 53.1 Å². The Balaban J connectivity index is 1.70. The minimum atomic E-state index is 0.875. The predicted molar refractivity (Wildman–Crippen MR) is 77.0 cm³/mol. The zero-order chi connectivity index (χ0) is 12.2. The highest BCUT2D eigenvalue weighted by Gasteiger charge is 2.08. The molecule has 2 heteroatoms. The second-order valence-electron chi connectivity index (χ2n) is 4.74. The molecule has 0 aliphatic carbocycles. The maximum atomic E-state index is 3.47. The van der Waals surface area contributed by atoms with Gasteiger partial charge in [-0.05, 0) is 36.1 Å². The fourth-order valence-corrected chi connectivity index (χ4v) is 2.37. The van der Waals surface area contributed by atoms with Crippen LogP contribution < -0.4 is 10.6 Å². The van der Waals surface area contributed by atoms with Gasteiger partial charge in [-0.25, -0.2) is 0 Å². The Morgan fingerprint density at radius 3 is 2.83 bits per heavy atom. The second-order valence-corrected chi connectivity index (χ2v) is 4.74. The van der Waals surface area contributed by atoms with Crippen LogP contribution in [-0.2, 0) is 13.0 Å². The Hall–Kier alpha value is -1.96. The Labute approximate surface area is 108 Å². The SMILES string of the molecule is c1ccc(CNc2ccc3c(c2)NCCC3)cc1. The van der Waals surface area contributed by atoms with Crippen molar-refractivity contribution in [3.63, 3.8) is 0 Å². The summed E-state index contributed by atoms with van der Waals surface area (Å²) in [6.07, 6.45) is 2.44. The fraction of sp³-hybridized carbons (Fsp3) is 0.250. The molecule has 0 atom stereocenters. The fourth-order valence-electron chi connectivity index (χ4n) is 2.37. The van der Waals surface area contributed by atoms with Gasteiger partial charge in [0.25, 0.3) is 0 Å². The molecule has 0 saturated heterocycles. The third-order valence-corrected chi connectivity index (χ3v) is 3.39. The lowest BCUT2D eigenvalue weighted by molar-refractivity contribution is 0.830. The average molecular weight is 238 g/mol. The van der Waals surface area contributed by atoms with Crippen molar-refractivity contribution in [3.8, 4) is 0 Å². The first kappa shape index (κ1) is 11.1. The average Bonchev–Trinajstić information content (AvgIpc) is 2.46. The van der Waals surface area contributed by atoms with Crippen LogP contribution in [0, 0.1) is 0 Å². The van der Waals surface area contributed by atoms with E-state index in [-0.39, 0.29) is 0 Å². The third kappa shape index (κ3) is 2.48. The van der Waals surface area contributed by atoms with Gasteiger partial charge in [0.05, 0.1) is 0 Å². The van der Waals surface area contributed by atoms with E-state index in [0.29, 0.717) is 0 Å². The summed E-state index contributed by atoms with van der Waals surface area (Å²) in [4.78, 5) is 0. The molecule has 0 spiro atoms. The summed E-state index contributed by atoms with van der Waals surface area (Å²) < 4.78 is 0. The molecule has 0 unspecified atom stereocenters. The van der Waals surface area contributed by atoms with E-state index in [9.17, 15) is 0 Å². The van der Waals surface area contributed by atoms with Crippen LogP contribution in [0.3, 0.4) is 0 Å². The number of benzene rings is 2. The van der Waals surface area contributed by atoms with E-state index in [4.69, 9.17) is 0 Å². The van der Waals surface area contributed by atoms with Gasteiger partial charge in [-0.3, -0.25) is 0 Å². The van der Waals surface area contributed by atoms with Crippen molar-refractivity contribution in [3.05, 3.63) is 59.7 Å². The van der Waals surface area contributed by atoms with E-state index in [0.717, 1.165) is 13.1 Å². The van der Waals surface area contributed by atoms with E-state index in [1.807, 2.05) is 6.07 Å². The maximum absolute atomic E-state index is 3.47. The Morgan fingerprint density at radius 1 is 1.06 bits per heavy atom. The van der Waals surface area contributed by atoms with Crippen molar-refractivity contribution in [2.75, 3.05) is 17.2 Å². The highest BCUT2D eigenvalue weighted by Crippen LogP contribution is 2.25. The van der Waals surface area contributed by atoms with Crippen LogP contribution in [0.4, 0.5) is 11.4 Å². The first-order valence-corrected chi connectivity index (χ1v) is 6.56. The number of aryl methyl sites for hydroxylation is 1. The molecule has 2 aromatic carbocycles. The van der Waals surface area contributed by atoms with Crippen LogP contribution in [0.1, 0.15) is 17.5 Å². The van der Waals surface area contributed by atoms with Crippen LogP contribution in [0.25, 0.3) is 0 Å². The van der Waals surface area contributed by atoms with E-state index in [1.165, 1.54) is 35.3 Å². The van der Waals surface area contributed by atoms with Crippen molar-refractivity contribution in [1.29, 1.82) is 0 Å². The molecule has 2 N–H and O–H groups in total. The molecule has 3 rings (SSSR count). The summed E-state index contributed by atoms with van der Waals surface area (Å²) in [6, 6.07) is 17.1. The molecule has 1 aliphatic heterocycles. The molecule has 0 aromatic heterocycles. The van der Waals surface area contributed by atoms with Gasteiger partial charge in [-0.1, -0.05) is 36.4 Å². The molecular weight excluding hydrogens is 220 g/mol. The van der Waals surface area contributed by atoms with Gasteiger partial charge in [0.1, 0.15) is 0 Å². The topological polar surface area (TPSA) is 24.1 Å². The van der Waals surface area contributed by atoms with Crippen LogP contribution in [0.15, 0.2) is 48.5 Å². The van der Waals surface area contributed by atoms with Crippen molar-refractivity contribution < 1.29 is 0 Å². The lowest BCUT2D eigenvalue weighted by Gasteiger charge is -2.19. The zero-order valence-electron chi connectivity index (χ0n) is 10.4. The Kier molecular flexibility index (Phi) is 3.18. The summed E-state index contributed by atoms with van der Waals surface area (Å²) in [5, 5.41) is 6.93. The number of hydrogen-bond donors (Lipinski definition) is 2. The van der Waals surface area contributed by atoms with E-state index in [1.54, 1.807) is 0 Å². The minimum Gasteiger partial charge on any atom is -0.385 e. The highest BCUT2D eigenvalue weighted by molar-refractivity contribution is 5.62. The van der Waals surface area contributed by atoms with Gasteiger partial charge < -0.3 is 10.6 Å². The molecule has 0 amide bonds. The summed E-state index contributed by atoms with van der Waals surface area (Å²) in [5.41, 5.74) is 5.22. The molecule has 0 bridgehead atoms. The van der Waals surface area contributed by atoms with Crippen molar-refractivity contribution in [2.45, 2.75) is 19.4 Å². The van der Waals surface area contributed by atoms with Gasteiger partial charge in [-0.15, -0.1) is 0 Å². The van der Waals surface area contributed by atoms with Crippen LogP contribution in [0.5, 0.6) is 0 Å².